The average Bonchev–Trinajstić information content (AvgIpc) is 2.80. The lowest BCUT2D eigenvalue weighted by Gasteiger charge is -2.31. The third-order valence-corrected chi connectivity index (χ3v) is 3.73. The molecule has 0 bridgehead atoms. The highest BCUT2D eigenvalue weighted by atomic mass is 35.5. The maximum atomic E-state index is 10.2. The van der Waals surface area contributed by atoms with E-state index in [0.29, 0.717) is 11.8 Å². The smallest absolute Gasteiger partial charge is 0.224 e. The van der Waals surface area contributed by atoms with Crippen LogP contribution in [-0.2, 0) is 12.8 Å². The first-order chi connectivity index (χ1) is 9.80. The first-order valence-electron chi connectivity index (χ1n) is 7.56. The zero-order valence-electron chi connectivity index (χ0n) is 13.3. The second-order valence-electron chi connectivity index (χ2n) is 6.54. The molecule has 0 saturated heterocycles. The molecule has 0 spiro atoms. The monoisotopic (exact) mass is 312 g/mol. The van der Waals surface area contributed by atoms with Crippen LogP contribution < -0.4 is 10.2 Å². The number of hydrogen-bond acceptors (Lipinski definition) is 5. The van der Waals surface area contributed by atoms with E-state index in [-0.39, 0.29) is 5.54 Å². The fourth-order valence-corrected chi connectivity index (χ4v) is 2.95. The summed E-state index contributed by atoms with van der Waals surface area (Å²) in [6, 6.07) is 0. The van der Waals surface area contributed by atoms with Crippen molar-refractivity contribution in [1.82, 2.24) is 15.3 Å². The highest BCUT2D eigenvalue weighted by Gasteiger charge is 2.24. The fourth-order valence-electron chi connectivity index (χ4n) is 2.76. The van der Waals surface area contributed by atoms with E-state index >= 15 is 0 Å². The summed E-state index contributed by atoms with van der Waals surface area (Å²) in [5.74, 6) is 0.875. The molecule has 0 aliphatic heterocycles. The van der Waals surface area contributed by atoms with Gasteiger partial charge >= 0.3 is 0 Å². The lowest BCUT2D eigenvalue weighted by atomic mass is 10.1. The number of likely N-dealkylation sites (N-methyl/N-ethyl adjacent to an activating group) is 1. The number of nitrogens with one attached hydrogen (secondary N) is 1. The van der Waals surface area contributed by atoms with Crippen LogP contribution in [0.15, 0.2) is 0 Å². The summed E-state index contributed by atoms with van der Waals surface area (Å²) in [7, 11) is 0. The van der Waals surface area contributed by atoms with Gasteiger partial charge in [0.25, 0.3) is 0 Å². The Bertz CT molecular complexity index is 501. The number of halogens is 1. The van der Waals surface area contributed by atoms with Gasteiger partial charge in [-0.1, -0.05) is 0 Å². The molecule has 118 valence electrons. The molecule has 1 aliphatic carbocycles. The zero-order valence-corrected chi connectivity index (χ0v) is 14.0. The van der Waals surface area contributed by atoms with Crippen LogP contribution in [0.5, 0.6) is 0 Å². The van der Waals surface area contributed by atoms with Crippen LogP contribution in [0.1, 0.15) is 45.4 Å². The SMILES string of the molecule is CCN(CC(O)NC(C)(C)C)c1nc(Cl)nc2c1CCC2. The van der Waals surface area contributed by atoms with E-state index in [2.05, 4.69) is 27.1 Å². The van der Waals surface area contributed by atoms with Gasteiger partial charge in [-0.2, -0.15) is 0 Å². The summed E-state index contributed by atoms with van der Waals surface area (Å²) in [5.41, 5.74) is 2.11. The van der Waals surface area contributed by atoms with Crippen molar-refractivity contribution in [3.63, 3.8) is 0 Å². The Morgan fingerprint density at radius 1 is 1.33 bits per heavy atom. The predicted molar refractivity (Wildman–Crippen MR) is 85.8 cm³/mol. The minimum absolute atomic E-state index is 0.135. The normalized spacial score (nSPS) is 15.9. The quantitative estimate of drug-likeness (QED) is 0.644. The van der Waals surface area contributed by atoms with Gasteiger partial charge in [0.15, 0.2) is 0 Å². The van der Waals surface area contributed by atoms with Gasteiger partial charge in [-0.25, -0.2) is 9.97 Å². The molecule has 5 nitrogen and oxygen atoms in total. The van der Waals surface area contributed by atoms with Gasteiger partial charge in [-0.15, -0.1) is 0 Å². The van der Waals surface area contributed by atoms with Crippen LogP contribution in [0, 0.1) is 0 Å². The summed E-state index contributed by atoms with van der Waals surface area (Å²) in [6.45, 7) is 9.40. The molecule has 21 heavy (non-hydrogen) atoms. The molecule has 1 atom stereocenters. The molecule has 2 rings (SSSR count). The molecule has 2 N–H and O–H groups in total. The van der Waals surface area contributed by atoms with E-state index in [9.17, 15) is 5.11 Å². The second kappa shape index (κ2) is 6.46. The van der Waals surface area contributed by atoms with E-state index in [0.717, 1.165) is 37.3 Å². The number of aryl methyl sites for hydroxylation is 1. The Hall–Kier alpha value is -0.910. The Kier molecular flexibility index (Phi) is 5.07. The third kappa shape index (κ3) is 4.28. The van der Waals surface area contributed by atoms with Crippen LogP contribution in [0.25, 0.3) is 0 Å². The molecule has 1 heterocycles. The maximum Gasteiger partial charge on any atom is 0.224 e. The van der Waals surface area contributed by atoms with E-state index in [1.807, 2.05) is 20.8 Å². The van der Waals surface area contributed by atoms with Gasteiger partial charge in [0.1, 0.15) is 12.0 Å². The van der Waals surface area contributed by atoms with Crippen molar-refractivity contribution < 1.29 is 5.11 Å². The maximum absolute atomic E-state index is 10.2. The number of rotatable bonds is 5. The van der Waals surface area contributed by atoms with Crippen LogP contribution in [0.4, 0.5) is 5.82 Å². The molecular formula is C15H25ClN4O. The van der Waals surface area contributed by atoms with Crippen molar-refractivity contribution >= 4 is 17.4 Å². The minimum Gasteiger partial charge on any atom is -0.377 e. The van der Waals surface area contributed by atoms with Gasteiger partial charge in [-0.3, -0.25) is 5.32 Å². The number of hydrogen-bond donors (Lipinski definition) is 2. The minimum atomic E-state index is -0.615. The summed E-state index contributed by atoms with van der Waals surface area (Å²) in [5, 5.41) is 13.7. The number of aromatic nitrogens is 2. The van der Waals surface area contributed by atoms with Gasteiger partial charge in [0.05, 0.1) is 12.2 Å². The molecular weight excluding hydrogens is 288 g/mol. The van der Waals surface area contributed by atoms with Crippen molar-refractivity contribution in [2.24, 2.45) is 0 Å². The Morgan fingerprint density at radius 2 is 2.05 bits per heavy atom. The van der Waals surface area contributed by atoms with Crippen LogP contribution in [-0.4, -0.2) is 39.9 Å². The molecule has 0 aromatic carbocycles. The Balaban J connectivity index is 2.18. The van der Waals surface area contributed by atoms with Crippen molar-refractivity contribution in [2.75, 3.05) is 18.0 Å². The van der Waals surface area contributed by atoms with Crippen LogP contribution in [0.2, 0.25) is 5.28 Å². The Labute approximate surface area is 131 Å². The number of fused-ring (bicyclic) bond motifs is 1. The van der Waals surface area contributed by atoms with E-state index in [1.54, 1.807) is 0 Å². The first-order valence-corrected chi connectivity index (χ1v) is 7.94. The van der Waals surface area contributed by atoms with Gasteiger partial charge in [-0.05, 0) is 58.6 Å². The van der Waals surface area contributed by atoms with E-state index < -0.39 is 6.23 Å². The molecule has 1 unspecified atom stereocenters. The third-order valence-electron chi connectivity index (χ3n) is 3.56. The summed E-state index contributed by atoms with van der Waals surface area (Å²) < 4.78 is 0. The largest absolute Gasteiger partial charge is 0.377 e. The summed E-state index contributed by atoms with van der Waals surface area (Å²) in [4.78, 5) is 10.8. The fraction of sp³-hybridized carbons (Fsp3) is 0.733. The lowest BCUT2D eigenvalue weighted by Crippen LogP contribution is -2.49. The number of anilines is 1. The highest BCUT2D eigenvalue weighted by Crippen LogP contribution is 2.29. The first kappa shape index (κ1) is 16.5. The van der Waals surface area contributed by atoms with E-state index in [1.165, 1.54) is 5.56 Å². The van der Waals surface area contributed by atoms with Crippen LogP contribution >= 0.6 is 11.6 Å². The van der Waals surface area contributed by atoms with E-state index in [4.69, 9.17) is 11.6 Å². The van der Waals surface area contributed by atoms with Crippen molar-refractivity contribution in [3.8, 4) is 0 Å². The van der Waals surface area contributed by atoms with Crippen molar-refractivity contribution in [2.45, 2.75) is 58.7 Å². The lowest BCUT2D eigenvalue weighted by molar-refractivity contribution is 0.111. The molecule has 1 aromatic heterocycles. The second-order valence-corrected chi connectivity index (χ2v) is 6.88. The molecule has 1 aromatic rings. The molecule has 0 radical (unpaired) electrons. The predicted octanol–water partition coefficient (Wildman–Crippen LogP) is 2.15. The van der Waals surface area contributed by atoms with Gasteiger partial charge in [0.2, 0.25) is 5.28 Å². The molecule has 0 saturated carbocycles. The zero-order chi connectivity index (χ0) is 15.6. The van der Waals surface area contributed by atoms with Crippen LogP contribution in [0.3, 0.4) is 0 Å². The summed E-state index contributed by atoms with van der Waals surface area (Å²) >= 11 is 6.05. The average molecular weight is 313 g/mol. The van der Waals surface area contributed by atoms with Crippen molar-refractivity contribution in [1.29, 1.82) is 0 Å². The topological polar surface area (TPSA) is 61.3 Å². The number of aliphatic hydroxyl groups excluding tert-OH is 1. The molecule has 0 amide bonds. The van der Waals surface area contributed by atoms with Gasteiger partial charge < -0.3 is 10.0 Å². The standard InChI is InChI=1S/C15H25ClN4O/c1-5-20(9-12(21)19-15(2,3)4)13-10-7-6-8-11(10)17-14(16)18-13/h12,19,21H,5-9H2,1-4H3. The molecule has 1 aliphatic rings. The number of nitrogens with zero attached hydrogens (tertiary/aromatic N) is 3. The summed E-state index contributed by atoms with van der Waals surface area (Å²) in [6.07, 6.45) is 2.43. The highest BCUT2D eigenvalue weighted by molar-refractivity contribution is 6.28. The van der Waals surface area contributed by atoms with Crippen molar-refractivity contribution in [3.05, 3.63) is 16.5 Å². The van der Waals surface area contributed by atoms with Gasteiger partial charge in [0, 0.05) is 17.6 Å². The molecule has 6 heteroatoms. The molecule has 0 fully saturated rings. The number of aliphatic hydroxyl groups is 1. The Morgan fingerprint density at radius 3 is 2.67 bits per heavy atom.